The molecule has 0 aromatic heterocycles. The Kier molecular flexibility index (Phi) is 7.79. The molecule has 0 radical (unpaired) electrons. The van der Waals surface area contributed by atoms with Crippen molar-refractivity contribution in [3.05, 3.63) is 83.4 Å². The lowest BCUT2D eigenvalue weighted by molar-refractivity contribution is -0.136. The van der Waals surface area contributed by atoms with E-state index in [1.807, 2.05) is 42.5 Å². The van der Waals surface area contributed by atoms with Gasteiger partial charge in [0.1, 0.15) is 0 Å². The second-order valence-corrected chi connectivity index (χ2v) is 10.1. The Balaban J connectivity index is 1.24. The highest BCUT2D eigenvalue weighted by Crippen LogP contribution is 2.37. The zero-order valence-corrected chi connectivity index (χ0v) is 20.8. The standard InChI is InChI=1S/C30H35N3O3/c34-27-21-36-30(26-11-2-1-3-12-26)32-33(27)20-23-15-17-25(18-16-23)28(24-9-4-5-10-24)29(35)31-19-7-6-8-22-13-14-22/h1-3,6,8,11-12,15-18,22,24,28H,4-5,7,9-10,13-14,19-21H2,(H,31,35)/b8-6-. The molecule has 2 fully saturated rings. The van der Waals surface area contributed by atoms with Gasteiger partial charge in [0.2, 0.25) is 11.8 Å². The summed E-state index contributed by atoms with van der Waals surface area (Å²) in [5, 5.41) is 9.10. The summed E-state index contributed by atoms with van der Waals surface area (Å²) in [5.41, 5.74) is 2.87. The predicted octanol–water partition coefficient (Wildman–Crippen LogP) is 5.15. The first-order valence-electron chi connectivity index (χ1n) is 13.3. The Labute approximate surface area is 213 Å². The molecule has 0 spiro atoms. The van der Waals surface area contributed by atoms with E-state index in [1.54, 1.807) is 0 Å². The van der Waals surface area contributed by atoms with E-state index in [9.17, 15) is 9.59 Å². The fourth-order valence-electron chi connectivity index (χ4n) is 5.14. The van der Waals surface area contributed by atoms with Crippen LogP contribution in [0.5, 0.6) is 0 Å². The molecule has 2 aromatic rings. The van der Waals surface area contributed by atoms with Gasteiger partial charge in [-0.05, 0) is 67.2 Å². The summed E-state index contributed by atoms with van der Waals surface area (Å²) in [7, 11) is 0. The highest BCUT2D eigenvalue weighted by molar-refractivity contribution is 5.97. The number of carbonyl (C=O) groups excluding carboxylic acids is 2. The molecule has 1 heterocycles. The molecule has 2 amide bonds. The van der Waals surface area contributed by atoms with Gasteiger partial charge < -0.3 is 10.1 Å². The maximum atomic E-state index is 13.2. The summed E-state index contributed by atoms with van der Waals surface area (Å²) in [6, 6.07) is 17.7. The van der Waals surface area contributed by atoms with Gasteiger partial charge >= 0.3 is 0 Å². The number of benzene rings is 2. The monoisotopic (exact) mass is 485 g/mol. The summed E-state index contributed by atoms with van der Waals surface area (Å²) in [5.74, 6) is 1.46. The molecule has 2 saturated carbocycles. The van der Waals surface area contributed by atoms with Gasteiger partial charge in [0.05, 0.1) is 12.5 Å². The number of nitrogens with one attached hydrogen (secondary N) is 1. The number of hydrogen-bond acceptors (Lipinski definition) is 4. The van der Waals surface area contributed by atoms with Crippen molar-refractivity contribution in [2.75, 3.05) is 13.2 Å². The van der Waals surface area contributed by atoms with Gasteiger partial charge in [0.15, 0.2) is 6.61 Å². The highest BCUT2D eigenvalue weighted by atomic mass is 16.5. The van der Waals surface area contributed by atoms with E-state index >= 15 is 0 Å². The van der Waals surface area contributed by atoms with Crippen molar-refractivity contribution in [3.63, 3.8) is 0 Å². The van der Waals surface area contributed by atoms with Gasteiger partial charge in [-0.1, -0.05) is 67.5 Å². The van der Waals surface area contributed by atoms with E-state index in [1.165, 1.54) is 30.7 Å². The Morgan fingerprint density at radius 2 is 1.81 bits per heavy atom. The van der Waals surface area contributed by atoms with Crippen LogP contribution in [0.2, 0.25) is 0 Å². The third-order valence-electron chi connectivity index (χ3n) is 7.32. The summed E-state index contributed by atoms with van der Waals surface area (Å²) >= 11 is 0. The molecule has 1 N–H and O–H groups in total. The molecule has 0 saturated heterocycles. The lowest BCUT2D eigenvalue weighted by Crippen LogP contribution is -2.36. The van der Waals surface area contributed by atoms with Crippen LogP contribution in [0.25, 0.3) is 0 Å². The van der Waals surface area contributed by atoms with Gasteiger partial charge in [0, 0.05) is 12.1 Å². The number of hydrogen-bond donors (Lipinski definition) is 1. The van der Waals surface area contributed by atoms with Crippen LogP contribution < -0.4 is 5.32 Å². The molecular weight excluding hydrogens is 450 g/mol. The Hall–Kier alpha value is -3.41. The summed E-state index contributed by atoms with van der Waals surface area (Å²) in [6.45, 7) is 1.03. The molecule has 0 bridgehead atoms. The van der Waals surface area contributed by atoms with Gasteiger partial charge in [0.25, 0.3) is 5.91 Å². The number of hydrazone groups is 1. The smallest absolute Gasteiger partial charge is 0.281 e. The maximum Gasteiger partial charge on any atom is 0.281 e. The lowest BCUT2D eigenvalue weighted by atomic mass is 9.83. The molecular formula is C30H35N3O3. The van der Waals surface area contributed by atoms with Gasteiger partial charge in [-0.2, -0.15) is 0 Å². The van der Waals surface area contributed by atoms with E-state index in [4.69, 9.17) is 4.74 Å². The fourth-order valence-corrected chi connectivity index (χ4v) is 5.14. The molecule has 188 valence electrons. The minimum absolute atomic E-state index is 0.0222. The Morgan fingerprint density at radius 1 is 1.06 bits per heavy atom. The number of nitrogens with zero attached hydrogens (tertiary/aromatic N) is 2. The van der Waals surface area contributed by atoms with Gasteiger partial charge in [-0.3, -0.25) is 9.59 Å². The summed E-state index contributed by atoms with van der Waals surface area (Å²) in [4.78, 5) is 25.7. The molecule has 1 unspecified atom stereocenters. The highest BCUT2D eigenvalue weighted by Gasteiger charge is 2.32. The number of carbonyl (C=O) groups is 2. The largest absolute Gasteiger partial charge is 0.466 e. The van der Waals surface area contributed by atoms with Crippen LogP contribution in [-0.2, 0) is 20.9 Å². The summed E-state index contributed by atoms with van der Waals surface area (Å²) in [6.07, 6.45) is 12.6. The zero-order valence-electron chi connectivity index (χ0n) is 20.8. The lowest BCUT2D eigenvalue weighted by Gasteiger charge is -2.25. The molecule has 36 heavy (non-hydrogen) atoms. The predicted molar refractivity (Wildman–Crippen MR) is 140 cm³/mol. The number of allylic oxidation sites excluding steroid dienone is 1. The van der Waals surface area contributed by atoms with E-state index in [0.717, 1.165) is 41.9 Å². The van der Waals surface area contributed by atoms with Crippen molar-refractivity contribution in [2.45, 2.75) is 57.4 Å². The molecule has 6 nitrogen and oxygen atoms in total. The first-order chi connectivity index (χ1) is 17.7. The van der Waals surface area contributed by atoms with Crippen molar-refractivity contribution < 1.29 is 14.3 Å². The zero-order chi connectivity index (χ0) is 24.7. The van der Waals surface area contributed by atoms with Crippen LogP contribution in [-0.4, -0.2) is 35.9 Å². The van der Waals surface area contributed by atoms with Crippen LogP contribution >= 0.6 is 0 Å². The van der Waals surface area contributed by atoms with Gasteiger partial charge in [-0.15, -0.1) is 5.10 Å². The molecule has 5 rings (SSSR count). The van der Waals surface area contributed by atoms with E-state index in [-0.39, 0.29) is 24.3 Å². The normalized spacial score (nSPS) is 19.3. The topological polar surface area (TPSA) is 71.0 Å². The van der Waals surface area contributed by atoms with Crippen LogP contribution in [0.1, 0.15) is 67.6 Å². The van der Waals surface area contributed by atoms with Crippen LogP contribution in [0.4, 0.5) is 0 Å². The minimum atomic E-state index is -0.169. The van der Waals surface area contributed by atoms with Crippen molar-refractivity contribution >= 4 is 17.7 Å². The van der Waals surface area contributed by atoms with E-state index < -0.39 is 0 Å². The van der Waals surface area contributed by atoms with E-state index in [0.29, 0.717) is 24.9 Å². The minimum Gasteiger partial charge on any atom is -0.466 e. The first kappa shape index (κ1) is 24.3. The van der Waals surface area contributed by atoms with Crippen molar-refractivity contribution in [2.24, 2.45) is 16.9 Å². The molecule has 1 atom stereocenters. The average Bonchev–Trinajstić information content (AvgIpc) is 3.58. The quantitative estimate of drug-likeness (QED) is 0.374. The van der Waals surface area contributed by atoms with Crippen molar-refractivity contribution in [1.82, 2.24) is 10.3 Å². The SMILES string of the molecule is O=C(NCC/C=C\C1CC1)C(c1ccc(CN2N=C(c3ccccc3)OCC2=O)cc1)C1CCCC1. The maximum absolute atomic E-state index is 13.2. The molecule has 1 aliphatic heterocycles. The number of amides is 2. The van der Waals surface area contributed by atoms with Crippen molar-refractivity contribution in [1.29, 1.82) is 0 Å². The second kappa shape index (κ2) is 11.5. The summed E-state index contributed by atoms with van der Waals surface area (Å²) < 4.78 is 5.55. The third-order valence-corrected chi connectivity index (χ3v) is 7.32. The molecule has 6 heteroatoms. The average molecular weight is 486 g/mol. The Bertz CT molecular complexity index is 1100. The third kappa shape index (κ3) is 6.23. The fraction of sp³-hybridized carbons (Fsp3) is 0.433. The van der Waals surface area contributed by atoms with Crippen LogP contribution in [0.15, 0.2) is 71.9 Å². The van der Waals surface area contributed by atoms with E-state index in [2.05, 4.69) is 34.7 Å². The first-order valence-corrected chi connectivity index (χ1v) is 13.3. The van der Waals surface area contributed by atoms with Crippen LogP contribution in [0, 0.1) is 11.8 Å². The van der Waals surface area contributed by atoms with Crippen LogP contribution in [0.3, 0.4) is 0 Å². The van der Waals surface area contributed by atoms with Gasteiger partial charge in [-0.25, -0.2) is 5.01 Å². The molecule has 2 aromatic carbocycles. The number of rotatable bonds is 10. The van der Waals surface area contributed by atoms with Crippen molar-refractivity contribution in [3.8, 4) is 0 Å². The molecule has 3 aliphatic rings. The second-order valence-electron chi connectivity index (χ2n) is 10.1. The Morgan fingerprint density at radius 3 is 2.53 bits per heavy atom. The number of ether oxygens (including phenoxy) is 1. The molecule has 2 aliphatic carbocycles.